The number of nitrogens with zero attached hydrogens (tertiary/aromatic N) is 2. The van der Waals surface area contributed by atoms with Crippen molar-refractivity contribution in [1.29, 1.82) is 0 Å². The molecule has 0 spiro atoms. The molecule has 0 N–H and O–H groups in total. The van der Waals surface area contributed by atoms with Crippen molar-refractivity contribution in [3.05, 3.63) is 349 Å². The van der Waals surface area contributed by atoms with Crippen LogP contribution in [0.15, 0.2) is 335 Å². The SMILES string of the molecule is Cc1ccc2c(c1)c1cc(-c3ccccc3)ccc1n2-c1ccccc1.Cc1ccc2c(c1)c1ccc(-c3ccccc3)cc1n2-c1ccccc1.Cc1ccc2c(c1)oc1ccccc12.Cc1ccc2oc3ccccc3c2c1.Cc1cccc2c1oc1ccccc12. The summed E-state index contributed by atoms with van der Waals surface area (Å²) in [6.45, 7) is 10.6. The summed E-state index contributed by atoms with van der Waals surface area (Å²) in [5.41, 5.74) is 24.5. The Balaban J connectivity index is 0.000000100. The Morgan fingerprint density at radius 3 is 1.17 bits per heavy atom. The van der Waals surface area contributed by atoms with Crippen LogP contribution in [-0.4, -0.2) is 9.13 Å². The lowest BCUT2D eigenvalue weighted by Gasteiger charge is -2.09. The van der Waals surface area contributed by atoms with Gasteiger partial charge in [0.2, 0.25) is 0 Å². The second-order valence-corrected chi connectivity index (χ2v) is 24.3. The van der Waals surface area contributed by atoms with E-state index in [-0.39, 0.29) is 0 Å². The molecule has 0 amide bonds. The highest BCUT2D eigenvalue weighted by atomic mass is 16.3. The molecule has 19 rings (SSSR count). The maximum atomic E-state index is 5.78. The van der Waals surface area contributed by atoms with E-state index in [9.17, 15) is 0 Å². The van der Waals surface area contributed by atoms with E-state index in [2.05, 4.69) is 305 Å². The van der Waals surface area contributed by atoms with Gasteiger partial charge in [-0.1, -0.05) is 235 Å². The zero-order valence-electron chi connectivity index (χ0n) is 53.2. The summed E-state index contributed by atoms with van der Waals surface area (Å²) in [7, 11) is 0. The number of para-hydroxylation sites is 6. The van der Waals surface area contributed by atoms with Crippen LogP contribution in [0.1, 0.15) is 27.8 Å². The number of aromatic nitrogens is 2. The number of hydrogen-bond donors (Lipinski definition) is 0. The molecule has 0 bridgehead atoms. The van der Waals surface area contributed by atoms with Gasteiger partial charge in [-0.15, -0.1) is 0 Å². The lowest BCUT2D eigenvalue weighted by molar-refractivity contribution is 0.665. The molecule has 452 valence electrons. The van der Waals surface area contributed by atoms with Crippen molar-refractivity contribution in [2.75, 3.05) is 0 Å². The summed E-state index contributed by atoms with van der Waals surface area (Å²) in [6, 6.07) is 113. The predicted molar refractivity (Wildman–Crippen MR) is 397 cm³/mol. The lowest BCUT2D eigenvalue weighted by atomic mass is 10.0. The van der Waals surface area contributed by atoms with Gasteiger partial charge in [0, 0.05) is 65.2 Å². The van der Waals surface area contributed by atoms with Gasteiger partial charge in [-0.25, -0.2) is 0 Å². The number of rotatable bonds is 4. The van der Waals surface area contributed by atoms with Crippen molar-refractivity contribution in [1.82, 2.24) is 9.13 Å². The van der Waals surface area contributed by atoms with E-state index >= 15 is 0 Å². The number of benzene rings is 14. The maximum Gasteiger partial charge on any atom is 0.138 e. The molecule has 0 atom stereocenters. The Hall–Kier alpha value is -11.9. The molecule has 0 aliphatic rings. The molecule has 94 heavy (non-hydrogen) atoms. The van der Waals surface area contributed by atoms with E-state index in [1.165, 1.54) is 137 Å². The van der Waals surface area contributed by atoms with Gasteiger partial charge in [-0.2, -0.15) is 0 Å². The van der Waals surface area contributed by atoms with Crippen LogP contribution >= 0.6 is 0 Å². The fourth-order valence-electron chi connectivity index (χ4n) is 13.2. The van der Waals surface area contributed by atoms with Crippen LogP contribution in [0.4, 0.5) is 0 Å². The molecule has 0 aliphatic carbocycles. The van der Waals surface area contributed by atoms with Gasteiger partial charge in [-0.05, 0) is 171 Å². The quantitative estimate of drug-likeness (QED) is 0.176. The van der Waals surface area contributed by atoms with Crippen molar-refractivity contribution in [3.63, 3.8) is 0 Å². The number of hydrogen-bond acceptors (Lipinski definition) is 3. The molecule has 14 aromatic carbocycles. The molecule has 5 nitrogen and oxygen atoms in total. The van der Waals surface area contributed by atoms with Gasteiger partial charge in [0.15, 0.2) is 0 Å². The van der Waals surface area contributed by atoms with E-state index in [1.54, 1.807) is 0 Å². The normalized spacial score (nSPS) is 11.2. The average Bonchev–Trinajstić information content (AvgIpc) is 1.61. The Bertz CT molecular complexity index is 5880. The summed E-state index contributed by atoms with van der Waals surface area (Å²) in [6.07, 6.45) is 0. The Morgan fingerprint density at radius 1 is 0.202 bits per heavy atom. The van der Waals surface area contributed by atoms with Gasteiger partial charge in [0.25, 0.3) is 0 Å². The molecule has 0 aliphatic heterocycles. The van der Waals surface area contributed by atoms with Gasteiger partial charge < -0.3 is 22.4 Å². The van der Waals surface area contributed by atoms with E-state index in [1.807, 2.05) is 60.7 Å². The van der Waals surface area contributed by atoms with E-state index in [0.717, 1.165) is 33.5 Å². The molecular weight excluding hydrogens is 1140 g/mol. The second-order valence-electron chi connectivity index (χ2n) is 24.3. The van der Waals surface area contributed by atoms with Gasteiger partial charge in [-0.3, -0.25) is 0 Å². The van der Waals surface area contributed by atoms with Crippen LogP contribution in [-0.2, 0) is 0 Å². The highest BCUT2D eigenvalue weighted by Crippen LogP contribution is 2.38. The minimum absolute atomic E-state index is 0.966. The van der Waals surface area contributed by atoms with Crippen LogP contribution in [0, 0.1) is 34.6 Å². The molecule has 0 saturated carbocycles. The maximum absolute atomic E-state index is 5.78. The number of aryl methyl sites for hydroxylation is 5. The minimum atomic E-state index is 0.966. The topological polar surface area (TPSA) is 49.3 Å². The third kappa shape index (κ3) is 11.5. The highest BCUT2D eigenvalue weighted by Gasteiger charge is 2.16. The fraction of sp³-hybridized carbons (Fsp3) is 0.0562. The summed E-state index contributed by atoms with van der Waals surface area (Å²) >= 11 is 0. The molecule has 0 saturated heterocycles. The molecule has 5 heterocycles. The predicted octanol–water partition coefficient (Wildman–Crippen LogP) is 25.2. The minimum Gasteiger partial charge on any atom is -0.456 e. The van der Waals surface area contributed by atoms with Crippen LogP contribution in [0.2, 0.25) is 0 Å². The summed E-state index contributed by atoms with van der Waals surface area (Å²) < 4.78 is 22.0. The van der Waals surface area contributed by atoms with Crippen molar-refractivity contribution in [3.8, 4) is 33.6 Å². The first-order chi connectivity index (χ1) is 46.2. The highest BCUT2D eigenvalue weighted by molar-refractivity contribution is 6.12. The van der Waals surface area contributed by atoms with Crippen LogP contribution in [0.25, 0.3) is 143 Å². The van der Waals surface area contributed by atoms with Gasteiger partial charge in [0.05, 0.1) is 22.1 Å². The van der Waals surface area contributed by atoms with Crippen molar-refractivity contribution in [2.24, 2.45) is 0 Å². The Morgan fingerprint density at radius 2 is 0.574 bits per heavy atom. The summed E-state index contributed by atoms with van der Waals surface area (Å²) in [5.74, 6) is 0. The number of furan rings is 3. The van der Waals surface area contributed by atoms with E-state index in [0.29, 0.717) is 0 Å². The molecule has 0 radical (unpaired) electrons. The first-order valence-electron chi connectivity index (χ1n) is 32.1. The molecule has 19 aromatic rings. The Kier molecular flexibility index (Phi) is 15.8. The van der Waals surface area contributed by atoms with Crippen LogP contribution in [0.5, 0.6) is 0 Å². The second kappa shape index (κ2) is 25.4. The average molecular weight is 1210 g/mol. The van der Waals surface area contributed by atoms with Gasteiger partial charge in [0.1, 0.15) is 33.5 Å². The molecule has 5 aromatic heterocycles. The monoisotopic (exact) mass is 1210 g/mol. The summed E-state index contributed by atoms with van der Waals surface area (Å²) in [4.78, 5) is 0. The van der Waals surface area contributed by atoms with Crippen molar-refractivity contribution >= 4 is 109 Å². The van der Waals surface area contributed by atoms with E-state index in [4.69, 9.17) is 13.3 Å². The zero-order chi connectivity index (χ0) is 63.7. The van der Waals surface area contributed by atoms with Crippen LogP contribution < -0.4 is 0 Å². The third-order valence-electron chi connectivity index (χ3n) is 17.8. The fourth-order valence-corrected chi connectivity index (χ4v) is 13.2. The third-order valence-corrected chi connectivity index (χ3v) is 17.8. The molecule has 5 heteroatoms. The van der Waals surface area contributed by atoms with Crippen LogP contribution in [0.3, 0.4) is 0 Å². The van der Waals surface area contributed by atoms with Crippen molar-refractivity contribution in [2.45, 2.75) is 34.6 Å². The van der Waals surface area contributed by atoms with Crippen molar-refractivity contribution < 1.29 is 13.3 Å². The first-order valence-corrected chi connectivity index (χ1v) is 32.1. The van der Waals surface area contributed by atoms with Gasteiger partial charge >= 0.3 is 0 Å². The first kappa shape index (κ1) is 58.5. The molecular formula is C89H68N2O3. The molecule has 0 fully saturated rings. The zero-order valence-corrected chi connectivity index (χ0v) is 53.2. The largest absolute Gasteiger partial charge is 0.456 e. The smallest absolute Gasteiger partial charge is 0.138 e. The summed E-state index contributed by atoms with van der Waals surface area (Å²) in [5, 5.41) is 12.4. The standard InChI is InChI=1S/2C25H19N.3C13H10O/c1-18-12-15-24-23(16-18)22-14-13-20(19-8-4-2-5-9-19)17-25(22)26(24)21-10-6-3-7-11-21;1-18-12-14-24-22(16-18)23-17-20(19-8-4-2-5-9-19)13-15-25(23)26(24)21-10-6-3-7-11-21;1-9-5-4-7-11-10-6-2-3-8-12(10)14-13(9)11;1-9-6-7-13-11(8-9)10-4-2-3-5-12(10)14-13;1-9-6-7-11-10-4-2-3-5-12(10)14-13(11)8-9/h2*2-17H,1H3;3*2-8H,1H3. The van der Waals surface area contributed by atoms with E-state index < -0.39 is 0 Å². The number of fused-ring (bicyclic) bond motifs is 15. The Labute approximate surface area is 546 Å². The molecule has 0 unspecified atom stereocenters. The lowest BCUT2D eigenvalue weighted by Crippen LogP contribution is -1.93.